The summed E-state index contributed by atoms with van der Waals surface area (Å²) in [5.41, 5.74) is 1.69. The number of aromatic nitrogens is 2. The lowest BCUT2D eigenvalue weighted by Gasteiger charge is -2.11. The fraction of sp³-hybridized carbons (Fsp3) is 0.158. The van der Waals surface area contributed by atoms with Gasteiger partial charge in [-0.05, 0) is 61.4 Å². The SMILES string of the molecule is Cc1ccc(Oc2ncnc(Nc3ccc(OC(F)(F)F)cc3)c2[N+](=O)[O-])cc1C. The smallest absolute Gasteiger partial charge is 0.434 e. The number of hydrogen-bond acceptors (Lipinski definition) is 7. The molecule has 0 aliphatic rings. The van der Waals surface area contributed by atoms with E-state index in [1.54, 1.807) is 18.2 Å². The third kappa shape index (κ3) is 5.13. The molecule has 3 aromatic rings. The van der Waals surface area contributed by atoms with Gasteiger partial charge in [-0.3, -0.25) is 10.1 Å². The average molecular weight is 420 g/mol. The molecule has 0 saturated carbocycles. The molecule has 3 rings (SSSR count). The van der Waals surface area contributed by atoms with Gasteiger partial charge in [0.2, 0.25) is 5.82 Å². The van der Waals surface area contributed by atoms with Crippen LogP contribution >= 0.6 is 0 Å². The topological polar surface area (TPSA) is 99.4 Å². The molecule has 0 spiro atoms. The lowest BCUT2D eigenvalue weighted by molar-refractivity contribution is -0.385. The van der Waals surface area contributed by atoms with Crippen LogP contribution in [0, 0.1) is 24.0 Å². The molecular formula is C19H15F3N4O4. The third-order valence-corrected chi connectivity index (χ3v) is 4.01. The molecule has 0 unspecified atom stereocenters. The third-order valence-electron chi connectivity index (χ3n) is 4.01. The van der Waals surface area contributed by atoms with Gasteiger partial charge in [0, 0.05) is 5.69 Å². The van der Waals surface area contributed by atoms with E-state index in [1.807, 2.05) is 13.8 Å². The van der Waals surface area contributed by atoms with Crippen molar-refractivity contribution >= 4 is 17.2 Å². The average Bonchev–Trinajstić information content (AvgIpc) is 2.65. The van der Waals surface area contributed by atoms with Gasteiger partial charge in [0.05, 0.1) is 4.92 Å². The highest BCUT2D eigenvalue weighted by Gasteiger charge is 2.31. The molecular weight excluding hydrogens is 405 g/mol. The van der Waals surface area contributed by atoms with Crippen molar-refractivity contribution in [3.05, 3.63) is 70.0 Å². The Morgan fingerprint density at radius 3 is 2.27 bits per heavy atom. The number of nitrogens with one attached hydrogen (secondary N) is 1. The van der Waals surface area contributed by atoms with Crippen LogP contribution in [0.4, 0.5) is 30.4 Å². The van der Waals surface area contributed by atoms with E-state index >= 15 is 0 Å². The number of rotatable bonds is 6. The second-order valence-electron chi connectivity index (χ2n) is 6.18. The van der Waals surface area contributed by atoms with Crippen LogP contribution in [-0.2, 0) is 0 Å². The maximum atomic E-state index is 12.3. The molecule has 156 valence electrons. The second-order valence-corrected chi connectivity index (χ2v) is 6.18. The zero-order chi connectivity index (χ0) is 21.9. The summed E-state index contributed by atoms with van der Waals surface area (Å²) in [4.78, 5) is 18.6. The lowest BCUT2D eigenvalue weighted by atomic mass is 10.1. The van der Waals surface area contributed by atoms with Crippen LogP contribution in [0.25, 0.3) is 0 Å². The zero-order valence-corrected chi connectivity index (χ0v) is 15.7. The van der Waals surface area contributed by atoms with Gasteiger partial charge in [0.25, 0.3) is 0 Å². The number of halogens is 3. The largest absolute Gasteiger partial charge is 0.573 e. The molecule has 1 aromatic heterocycles. The molecule has 8 nitrogen and oxygen atoms in total. The van der Waals surface area contributed by atoms with Crippen LogP contribution in [0.2, 0.25) is 0 Å². The maximum absolute atomic E-state index is 12.3. The van der Waals surface area contributed by atoms with Gasteiger partial charge in [-0.2, -0.15) is 4.98 Å². The molecule has 0 aliphatic carbocycles. The number of aryl methyl sites for hydroxylation is 2. The van der Waals surface area contributed by atoms with Crippen molar-refractivity contribution in [2.45, 2.75) is 20.2 Å². The number of hydrogen-bond donors (Lipinski definition) is 1. The summed E-state index contributed by atoms with van der Waals surface area (Å²) in [7, 11) is 0. The van der Waals surface area contributed by atoms with Crippen LogP contribution in [-0.4, -0.2) is 21.3 Å². The Balaban J connectivity index is 1.87. The van der Waals surface area contributed by atoms with Crippen molar-refractivity contribution < 1.29 is 27.6 Å². The van der Waals surface area contributed by atoms with Crippen molar-refractivity contribution in [3.63, 3.8) is 0 Å². The van der Waals surface area contributed by atoms with E-state index in [9.17, 15) is 23.3 Å². The molecule has 0 fully saturated rings. The Labute approximate surface area is 168 Å². The van der Waals surface area contributed by atoms with Gasteiger partial charge < -0.3 is 14.8 Å². The molecule has 2 aromatic carbocycles. The van der Waals surface area contributed by atoms with Gasteiger partial charge in [-0.15, -0.1) is 13.2 Å². The van der Waals surface area contributed by atoms with Crippen molar-refractivity contribution in [2.24, 2.45) is 0 Å². The molecule has 11 heteroatoms. The Hall–Kier alpha value is -3.89. The number of benzene rings is 2. The van der Waals surface area contributed by atoms with E-state index in [0.29, 0.717) is 5.75 Å². The predicted octanol–water partition coefficient (Wildman–Crippen LogP) is 5.44. The highest BCUT2D eigenvalue weighted by molar-refractivity contribution is 5.69. The highest BCUT2D eigenvalue weighted by atomic mass is 19.4. The number of ether oxygens (including phenoxy) is 2. The first-order valence-corrected chi connectivity index (χ1v) is 8.50. The van der Waals surface area contributed by atoms with Crippen molar-refractivity contribution in [1.29, 1.82) is 0 Å². The standard InChI is InChI=1S/C19H15F3N4O4/c1-11-3-6-15(9-12(11)2)29-18-16(26(27)28)17(23-10-24-18)25-13-4-7-14(8-5-13)30-19(20,21)22/h3-10H,1-2H3,(H,23,24,25). The van der Waals surface area contributed by atoms with Crippen LogP contribution < -0.4 is 14.8 Å². The van der Waals surface area contributed by atoms with E-state index < -0.39 is 22.7 Å². The van der Waals surface area contributed by atoms with Crippen molar-refractivity contribution in [2.75, 3.05) is 5.32 Å². The van der Waals surface area contributed by atoms with Crippen LogP contribution in [0.5, 0.6) is 17.4 Å². The summed E-state index contributed by atoms with van der Waals surface area (Å²) in [5, 5.41) is 14.3. The van der Waals surface area contributed by atoms with E-state index in [-0.39, 0.29) is 17.4 Å². The number of nitrogens with zero attached hydrogens (tertiary/aromatic N) is 3. The normalized spacial score (nSPS) is 11.1. The van der Waals surface area contributed by atoms with E-state index in [0.717, 1.165) is 29.6 Å². The minimum Gasteiger partial charge on any atom is -0.434 e. The minimum absolute atomic E-state index is 0.182. The molecule has 0 aliphatic heterocycles. The first-order valence-electron chi connectivity index (χ1n) is 8.50. The van der Waals surface area contributed by atoms with E-state index in [2.05, 4.69) is 20.0 Å². The molecule has 0 atom stereocenters. The summed E-state index contributed by atoms with van der Waals surface area (Å²) in [6, 6.07) is 9.83. The molecule has 0 saturated heterocycles. The quantitative estimate of drug-likeness (QED) is 0.419. The molecule has 1 heterocycles. The summed E-state index contributed by atoms with van der Waals surface area (Å²) >= 11 is 0. The fourth-order valence-corrected chi connectivity index (χ4v) is 2.46. The van der Waals surface area contributed by atoms with Gasteiger partial charge in [0.1, 0.15) is 17.8 Å². The van der Waals surface area contributed by atoms with Crippen molar-refractivity contribution in [1.82, 2.24) is 9.97 Å². The monoisotopic (exact) mass is 420 g/mol. The van der Waals surface area contributed by atoms with Crippen LogP contribution in [0.1, 0.15) is 11.1 Å². The van der Waals surface area contributed by atoms with Gasteiger partial charge >= 0.3 is 17.9 Å². The second kappa shape index (κ2) is 8.23. The number of alkyl halides is 3. The Bertz CT molecular complexity index is 1070. The van der Waals surface area contributed by atoms with Gasteiger partial charge in [0.15, 0.2) is 0 Å². The first kappa shape index (κ1) is 20.8. The van der Waals surface area contributed by atoms with Crippen LogP contribution in [0.15, 0.2) is 48.8 Å². The maximum Gasteiger partial charge on any atom is 0.573 e. The first-order chi connectivity index (χ1) is 14.1. The molecule has 1 N–H and O–H groups in total. The molecule has 0 bridgehead atoms. The van der Waals surface area contributed by atoms with Gasteiger partial charge in [-0.25, -0.2) is 4.98 Å². The van der Waals surface area contributed by atoms with Crippen LogP contribution in [0.3, 0.4) is 0 Å². The summed E-state index contributed by atoms with van der Waals surface area (Å²) in [5.74, 6) is -0.528. The van der Waals surface area contributed by atoms with Gasteiger partial charge in [-0.1, -0.05) is 6.07 Å². The molecule has 30 heavy (non-hydrogen) atoms. The van der Waals surface area contributed by atoms with E-state index in [1.165, 1.54) is 12.1 Å². The number of nitro groups is 1. The molecule has 0 amide bonds. The summed E-state index contributed by atoms with van der Waals surface area (Å²) in [6.07, 6.45) is -3.74. The minimum atomic E-state index is -4.82. The predicted molar refractivity (Wildman–Crippen MR) is 101 cm³/mol. The molecule has 0 radical (unpaired) electrons. The zero-order valence-electron chi connectivity index (χ0n) is 15.7. The van der Waals surface area contributed by atoms with E-state index in [4.69, 9.17) is 4.74 Å². The fourth-order valence-electron chi connectivity index (χ4n) is 2.46. The summed E-state index contributed by atoms with van der Waals surface area (Å²) in [6.45, 7) is 3.79. The number of anilines is 2. The lowest BCUT2D eigenvalue weighted by Crippen LogP contribution is -2.17. The Morgan fingerprint density at radius 1 is 1.00 bits per heavy atom. The Kier molecular flexibility index (Phi) is 5.72. The Morgan fingerprint density at radius 2 is 1.67 bits per heavy atom. The summed E-state index contributed by atoms with van der Waals surface area (Å²) < 4.78 is 46.1. The highest BCUT2D eigenvalue weighted by Crippen LogP contribution is 2.36. The van der Waals surface area contributed by atoms with Crippen molar-refractivity contribution in [3.8, 4) is 17.4 Å².